The van der Waals surface area contributed by atoms with E-state index >= 15 is 8.78 Å². The third kappa shape index (κ3) is 11.6. The molecule has 0 saturated heterocycles. The summed E-state index contributed by atoms with van der Waals surface area (Å²) in [5.41, 5.74) is -0.0134. The zero-order valence-electron chi connectivity index (χ0n) is 39.3. The lowest BCUT2D eigenvalue weighted by molar-refractivity contribution is -0.355. The molecule has 0 fully saturated rings. The SMILES string of the molecule is Cc1ccc(C2=N/C(=C(/CCC(F)(F)C(F)(F)C(F)(F)F)c3c(-c4ccc(C(C)(C)C)cc4)cc(-c4ccc(C(C)(C)C)cc4)n3B(OCC(F)(F)CF)OCC(F)(F)C(F)(F)F)c3ccccc32)cc1. The van der Waals surface area contributed by atoms with E-state index in [2.05, 4.69) is 0 Å². The predicted octanol–water partition coefficient (Wildman–Crippen LogP) is 15.7. The van der Waals surface area contributed by atoms with Gasteiger partial charge in [-0.25, -0.2) is 18.2 Å². The van der Waals surface area contributed by atoms with E-state index in [0.717, 1.165) is 5.56 Å². The highest BCUT2D eigenvalue weighted by Crippen LogP contribution is 2.52. The zero-order valence-corrected chi connectivity index (χ0v) is 39.3. The Labute approximate surface area is 400 Å². The summed E-state index contributed by atoms with van der Waals surface area (Å²) in [5.74, 6) is -22.7. The standard InChI is InChI=1S/C51H48BF15N2O2/c1-30-12-14-33(15-13-30)41-36-10-8-9-11-37(36)42(68-41)38(24-25-47(56,57)49(60,61)51(65,66)67)43-39(31-16-20-34(21-17-31)44(2,3)4)26-40(32-18-22-35(23-19-32)45(5,6)7)69(43)52(70-28-46(54,55)27-53)71-29-48(58,59)50(62,63)64/h8-23,26H,24-25,27-29H2,1-7H3/b42-38-. The molecule has 4 aromatic carbocycles. The molecule has 382 valence electrons. The molecule has 0 spiro atoms. The highest BCUT2D eigenvalue weighted by molar-refractivity contribution is 6.44. The van der Waals surface area contributed by atoms with Gasteiger partial charge in [0.25, 0.3) is 5.92 Å². The first-order chi connectivity index (χ1) is 32.6. The smallest absolute Gasteiger partial charge is 0.385 e. The predicted molar refractivity (Wildman–Crippen MR) is 243 cm³/mol. The van der Waals surface area contributed by atoms with Crippen molar-refractivity contribution in [3.63, 3.8) is 0 Å². The van der Waals surface area contributed by atoms with E-state index in [1.54, 1.807) is 61.5 Å². The van der Waals surface area contributed by atoms with Crippen molar-refractivity contribution in [1.82, 2.24) is 4.48 Å². The second kappa shape index (κ2) is 19.5. The van der Waals surface area contributed by atoms with E-state index in [0.29, 0.717) is 21.2 Å². The topological polar surface area (TPSA) is 35.8 Å². The molecule has 0 bridgehead atoms. The summed E-state index contributed by atoms with van der Waals surface area (Å²) in [6, 6.07) is 26.1. The van der Waals surface area contributed by atoms with Crippen LogP contribution in [0.3, 0.4) is 0 Å². The molecule has 0 saturated carbocycles. The summed E-state index contributed by atoms with van der Waals surface area (Å²) < 4.78 is 228. The number of aliphatic imine (C=N–C) groups is 1. The average molecular weight is 1020 g/mol. The Bertz CT molecular complexity index is 2740. The van der Waals surface area contributed by atoms with Crippen molar-refractivity contribution in [3.05, 3.63) is 142 Å². The molecular formula is C51H48BF15N2O2. The van der Waals surface area contributed by atoms with Gasteiger partial charge in [-0.3, -0.25) is 0 Å². The Morgan fingerprint density at radius 2 is 1.06 bits per heavy atom. The van der Waals surface area contributed by atoms with Crippen LogP contribution < -0.4 is 0 Å². The number of aromatic nitrogens is 1. The Kier molecular flexibility index (Phi) is 15.1. The van der Waals surface area contributed by atoms with Gasteiger partial charge in [-0.2, -0.15) is 52.7 Å². The Balaban J connectivity index is 1.83. The summed E-state index contributed by atoms with van der Waals surface area (Å²) in [6.45, 7) is 5.72. The van der Waals surface area contributed by atoms with Gasteiger partial charge in [-0.1, -0.05) is 144 Å². The van der Waals surface area contributed by atoms with E-state index in [1.807, 2.05) is 41.5 Å². The van der Waals surface area contributed by atoms with E-state index in [-0.39, 0.29) is 44.9 Å². The number of allylic oxidation sites excluding steroid dienone is 1. The van der Waals surface area contributed by atoms with Crippen molar-refractivity contribution >= 4 is 24.2 Å². The monoisotopic (exact) mass is 1020 g/mol. The molecule has 2 heterocycles. The minimum Gasteiger partial charge on any atom is -0.385 e. The molecule has 71 heavy (non-hydrogen) atoms. The third-order valence-electron chi connectivity index (χ3n) is 11.9. The lowest BCUT2D eigenvalue weighted by Crippen LogP contribution is -2.51. The highest BCUT2D eigenvalue weighted by Gasteiger charge is 2.72. The number of benzene rings is 4. The fourth-order valence-electron chi connectivity index (χ4n) is 7.76. The lowest BCUT2D eigenvalue weighted by Gasteiger charge is -2.29. The number of aryl methyl sites for hydroxylation is 1. The van der Waals surface area contributed by atoms with Crippen LogP contribution in [-0.4, -0.2) is 73.4 Å². The first-order valence-electron chi connectivity index (χ1n) is 22.0. The molecular weight excluding hydrogens is 968 g/mol. The highest BCUT2D eigenvalue weighted by atomic mass is 19.4. The first kappa shape index (κ1) is 54.8. The van der Waals surface area contributed by atoms with Crippen LogP contribution >= 0.6 is 0 Å². The largest absolute Gasteiger partial charge is 0.598 e. The Morgan fingerprint density at radius 3 is 1.55 bits per heavy atom. The summed E-state index contributed by atoms with van der Waals surface area (Å²) in [6.07, 6.45) is -16.9. The minimum absolute atomic E-state index is 0.0304. The van der Waals surface area contributed by atoms with Gasteiger partial charge in [-0.15, -0.1) is 0 Å². The van der Waals surface area contributed by atoms with Crippen LogP contribution in [0, 0.1) is 6.92 Å². The molecule has 0 atom stereocenters. The molecule has 0 radical (unpaired) electrons. The maximum absolute atomic E-state index is 15.7. The molecule has 4 nitrogen and oxygen atoms in total. The van der Waals surface area contributed by atoms with Gasteiger partial charge in [-0.05, 0) is 52.5 Å². The molecule has 0 aliphatic carbocycles. The molecule has 5 aromatic rings. The van der Waals surface area contributed by atoms with E-state index in [4.69, 9.17) is 14.3 Å². The quantitative estimate of drug-likeness (QED) is 0.0729. The van der Waals surface area contributed by atoms with Crippen molar-refractivity contribution in [2.75, 3.05) is 19.9 Å². The Morgan fingerprint density at radius 1 is 0.563 bits per heavy atom. The van der Waals surface area contributed by atoms with E-state index in [1.165, 1.54) is 48.5 Å². The van der Waals surface area contributed by atoms with Crippen molar-refractivity contribution in [3.8, 4) is 22.4 Å². The summed E-state index contributed by atoms with van der Waals surface area (Å²) in [4.78, 5) is 4.77. The maximum Gasteiger partial charge on any atom is 0.598 e. The number of rotatable bonds is 16. The minimum atomic E-state index is -6.79. The van der Waals surface area contributed by atoms with Gasteiger partial charge >= 0.3 is 37.4 Å². The van der Waals surface area contributed by atoms with Gasteiger partial charge in [0.05, 0.1) is 18.0 Å². The van der Waals surface area contributed by atoms with Crippen molar-refractivity contribution in [2.45, 2.75) is 108 Å². The molecule has 6 rings (SSSR count). The van der Waals surface area contributed by atoms with Crippen molar-refractivity contribution < 1.29 is 75.2 Å². The van der Waals surface area contributed by atoms with Crippen LogP contribution in [0.15, 0.2) is 108 Å². The van der Waals surface area contributed by atoms with Gasteiger partial charge in [0, 0.05) is 45.6 Å². The van der Waals surface area contributed by atoms with Gasteiger partial charge in [0.15, 0.2) is 6.67 Å². The fraction of sp³-hybridized carbons (Fsp3) is 0.392. The van der Waals surface area contributed by atoms with Gasteiger partial charge in [0.1, 0.15) is 6.61 Å². The Hall–Kier alpha value is -5.50. The molecule has 0 amide bonds. The van der Waals surface area contributed by atoms with Gasteiger partial charge < -0.3 is 13.8 Å². The second-order valence-corrected chi connectivity index (χ2v) is 19.4. The zero-order chi connectivity index (χ0) is 52.9. The van der Waals surface area contributed by atoms with Crippen LogP contribution in [0.5, 0.6) is 0 Å². The molecule has 0 unspecified atom stereocenters. The van der Waals surface area contributed by atoms with E-state index in [9.17, 15) is 57.1 Å². The number of nitrogens with zero attached hydrogens (tertiary/aromatic N) is 2. The number of halogens is 15. The summed E-state index contributed by atoms with van der Waals surface area (Å²) in [5, 5.41) is 0. The number of hydrogen-bond acceptors (Lipinski definition) is 3. The van der Waals surface area contributed by atoms with E-state index < -0.39 is 98.1 Å². The van der Waals surface area contributed by atoms with Crippen LogP contribution in [0.2, 0.25) is 0 Å². The number of alkyl halides is 15. The molecule has 20 heteroatoms. The molecule has 1 aliphatic heterocycles. The molecule has 1 aliphatic rings. The molecule has 1 aromatic heterocycles. The molecule has 0 N–H and O–H groups in total. The second-order valence-electron chi connectivity index (χ2n) is 19.4. The lowest BCUT2D eigenvalue weighted by atomic mass is 9.85. The van der Waals surface area contributed by atoms with Crippen LogP contribution in [0.4, 0.5) is 65.9 Å². The number of fused-ring (bicyclic) bond motifs is 1. The van der Waals surface area contributed by atoms with Crippen molar-refractivity contribution in [1.29, 1.82) is 0 Å². The van der Waals surface area contributed by atoms with Crippen LogP contribution in [0.25, 0.3) is 33.7 Å². The van der Waals surface area contributed by atoms with Crippen LogP contribution in [0.1, 0.15) is 93.5 Å². The third-order valence-corrected chi connectivity index (χ3v) is 11.9. The summed E-state index contributed by atoms with van der Waals surface area (Å²) in [7, 11) is -2.90. The van der Waals surface area contributed by atoms with Crippen LogP contribution in [-0.2, 0) is 20.1 Å². The normalized spacial score (nSPS) is 15.0. The average Bonchev–Trinajstić information content (AvgIpc) is 3.85. The number of hydrogen-bond donors (Lipinski definition) is 0. The van der Waals surface area contributed by atoms with Crippen molar-refractivity contribution in [2.24, 2.45) is 4.99 Å². The van der Waals surface area contributed by atoms with Gasteiger partial charge in [0.2, 0.25) is 0 Å². The fourth-order valence-corrected chi connectivity index (χ4v) is 7.76. The maximum atomic E-state index is 15.7. The summed E-state index contributed by atoms with van der Waals surface area (Å²) >= 11 is 0. The first-order valence-corrected chi connectivity index (χ1v) is 22.0.